The number of methoxy groups -OCH3 is 1. The minimum absolute atomic E-state index is 0.203. The Bertz CT molecular complexity index is 1230. The van der Waals surface area contributed by atoms with Crippen LogP contribution >= 0.6 is 0 Å². The van der Waals surface area contributed by atoms with Gasteiger partial charge in [0.05, 0.1) is 36.2 Å². The normalized spacial score (nSPS) is 10.9. The first-order valence-electron chi connectivity index (χ1n) is 10.1. The molecular formula is C26H25N3O3. The van der Waals surface area contributed by atoms with Crippen molar-refractivity contribution < 1.29 is 14.3 Å². The summed E-state index contributed by atoms with van der Waals surface area (Å²) < 4.78 is 4.80. The number of nitriles is 1. The summed E-state index contributed by atoms with van der Waals surface area (Å²) in [5.41, 5.74) is 4.82. The smallest absolute Gasteiger partial charge is 0.337 e. The Balaban J connectivity index is 1.94. The predicted octanol–water partition coefficient (Wildman–Crippen LogP) is 5.27. The molecule has 0 atom stereocenters. The molecule has 3 rings (SSSR count). The summed E-state index contributed by atoms with van der Waals surface area (Å²) in [5.74, 6) is -0.749. The Kier molecular flexibility index (Phi) is 6.40. The third-order valence-electron chi connectivity index (χ3n) is 5.13. The summed E-state index contributed by atoms with van der Waals surface area (Å²) in [6.45, 7) is 7.95. The number of anilines is 1. The van der Waals surface area contributed by atoms with Crippen LogP contribution in [0.25, 0.3) is 11.1 Å². The summed E-state index contributed by atoms with van der Waals surface area (Å²) in [4.78, 5) is 29.3. The molecule has 1 heterocycles. The predicted molar refractivity (Wildman–Crippen MR) is 124 cm³/mol. The monoisotopic (exact) mass is 427 g/mol. The second kappa shape index (κ2) is 9.03. The molecule has 0 fully saturated rings. The van der Waals surface area contributed by atoms with Crippen LogP contribution in [-0.2, 0) is 10.2 Å². The van der Waals surface area contributed by atoms with Gasteiger partial charge in [0.25, 0.3) is 5.91 Å². The Morgan fingerprint density at radius 1 is 1.06 bits per heavy atom. The summed E-state index contributed by atoms with van der Waals surface area (Å²) in [6.07, 6.45) is 1.58. The number of ether oxygens (including phenoxy) is 1. The van der Waals surface area contributed by atoms with E-state index in [-0.39, 0.29) is 11.3 Å². The molecule has 3 aromatic rings. The molecule has 6 nitrogen and oxygen atoms in total. The number of esters is 1. The van der Waals surface area contributed by atoms with Crippen molar-refractivity contribution in [2.24, 2.45) is 0 Å². The highest BCUT2D eigenvalue weighted by Crippen LogP contribution is 2.28. The Labute approximate surface area is 187 Å². The molecule has 6 heteroatoms. The van der Waals surface area contributed by atoms with E-state index in [4.69, 9.17) is 4.74 Å². The van der Waals surface area contributed by atoms with Crippen LogP contribution in [0.2, 0.25) is 0 Å². The molecule has 1 aromatic heterocycles. The largest absolute Gasteiger partial charge is 0.465 e. The molecule has 32 heavy (non-hydrogen) atoms. The van der Waals surface area contributed by atoms with Crippen molar-refractivity contribution >= 4 is 17.6 Å². The fraction of sp³-hybridized carbons (Fsp3) is 0.231. The van der Waals surface area contributed by atoms with Gasteiger partial charge in [-0.25, -0.2) is 4.79 Å². The van der Waals surface area contributed by atoms with E-state index in [1.807, 2.05) is 39.8 Å². The number of rotatable bonds is 4. The number of pyridine rings is 1. The van der Waals surface area contributed by atoms with Gasteiger partial charge in [-0.05, 0) is 59.9 Å². The summed E-state index contributed by atoms with van der Waals surface area (Å²) in [5, 5.41) is 12.2. The van der Waals surface area contributed by atoms with Crippen LogP contribution in [0.1, 0.15) is 58.3 Å². The number of hydrogen-bond acceptors (Lipinski definition) is 5. The van der Waals surface area contributed by atoms with Gasteiger partial charge >= 0.3 is 5.97 Å². The van der Waals surface area contributed by atoms with Crippen molar-refractivity contribution in [1.29, 1.82) is 5.26 Å². The zero-order valence-corrected chi connectivity index (χ0v) is 18.8. The number of benzene rings is 2. The number of amides is 1. The average Bonchev–Trinajstić information content (AvgIpc) is 2.78. The maximum atomic E-state index is 13.0. The van der Waals surface area contributed by atoms with E-state index in [1.165, 1.54) is 7.11 Å². The number of nitrogens with zero attached hydrogens (tertiary/aromatic N) is 2. The Morgan fingerprint density at radius 2 is 1.81 bits per heavy atom. The van der Waals surface area contributed by atoms with Crippen molar-refractivity contribution in [1.82, 2.24) is 4.98 Å². The number of carbonyl (C=O) groups excluding carboxylic acids is 2. The number of hydrogen-bond donors (Lipinski definition) is 1. The highest BCUT2D eigenvalue weighted by Gasteiger charge is 2.18. The van der Waals surface area contributed by atoms with Crippen LogP contribution < -0.4 is 5.32 Å². The highest BCUT2D eigenvalue weighted by molar-refractivity contribution is 6.05. The Hall–Kier alpha value is -3.98. The third kappa shape index (κ3) is 5.01. The SMILES string of the molecule is COC(=O)c1cccc(-c2cc(NC(=O)c3cc(C#N)cc(C(C)(C)C)c3)cnc2C)c1. The molecule has 0 aliphatic heterocycles. The number of aromatic nitrogens is 1. The molecule has 0 bridgehead atoms. The van der Waals surface area contributed by atoms with Gasteiger partial charge in [0.2, 0.25) is 0 Å². The zero-order chi connectivity index (χ0) is 23.5. The molecule has 1 N–H and O–H groups in total. The topological polar surface area (TPSA) is 92.1 Å². The van der Waals surface area contributed by atoms with Crippen LogP contribution in [0.5, 0.6) is 0 Å². The van der Waals surface area contributed by atoms with E-state index in [2.05, 4.69) is 16.4 Å². The molecule has 162 valence electrons. The quantitative estimate of drug-likeness (QED) is 0.573. The lowest BCUT2D eigenvalue weighted by molar-refractivity contribution is 0.0600. The van der Waals surface area contributed by atoms with Crippen LogP contribution in [0.4, 0.5) is 5.69 Å². The van der Waals surface area contributed by atoms with E-state index >= 15 is 0 Å². The van der Waals surface area contributed by atoms with Crippen molar-refractivity contribution in [3.8, 4) is 17.2 Å². The van der Waals surface area contributed by atoms with Gasteiger partial charge in [0, 0.05) is 16.8 Å². The lowest BCUT2D eigenvalue weighted by Crippen LogP contribution is -2.16. The fourth-order valence-corrected chi connectivity index (χ4v) is 3.28. The van der Waals surface area contributed by atoms with Gasteiger partial charge in [-0.1, -0.05) is 32.9 Å². The number of aryl methyl sites for hydroxylation is 1. The van der Waals surface area contributed by atoms with Gasteiger partial charge in [-0.15, -0.1) is 0 Å². The summed E-state index contributed by atoms with van der Waals surface area (Å²) >= 11 is 0. The van der Waals surface area contributed by atoms with Crippen LogP contribution in [-0.4, -0.2) is 24.0 Å². The highest BCUT2D eigenvalue weighted by atomic mass is 16.5. The molecule has 0 spiro atoms. The van der Waals surface area contributed by atoms with E-state index in [1.54, 1.807) is 42.6 Å². The van der Waals surface area contributed by atoms with Gasteiger partial charge in [-0.3, -0.25) is 9.78 Å². The standard InChI is InChI=1S/C26H25N3O3/c1-16-23(18-7-6-8-19(11-18)25(31)32-5)13-22(15-28-16)29-24(30)20-9-17(14-27)10-21(12-20)26(2,3)4/h6-13,15H,1-5H3,(H,29,30). The third-order valence-corrected chi connectivity index (χ3v) is 5.13. The molecule has 0 radical (unpaired) electrons. The van der Waals surface area contributed by atoms with Gasteiger partial charge in [0.1, 0.15) is 0 Å². The van der Waals surface area contributed by atoms with Crippen LogP contribution in [0.3, 0.4) is 0 Å². The molecule has 0 aliphatic carbocycles. The second-order valence-corrected chi connectivity index (χ2v) is 8.54. The van der Waals surface area contributed by atoms with Crippen molar-refractivity contribution in [3.63, 3.8) is 0 Å². The maximum Gasteiger partial charge on any atom is 0.337 e. The summed E-state index contributed by atoms with van der Waals surface area (Å²) in [6, 6.07) is 16.2. The number of carbonyl (C=O) groups is 2. The van der Waals surface area contributed by atoms with Crippen LogP contribution in [0, 0.1) is 18.3 Å². The molecular weight excluding hydrogens is 402 g/mol. The lowest BCUT2D eigenvalue weighted by Gasteiger charge is -2.20. The molecule has 2 aromatic carbocycles. The fourth-order valence-electron chi connectivity index (χ4n) is 3.28. The first-order chi connectivity index (χ1) is 15.1. The zero-order valence-electron chi connectivity index (χ0n) is 18.8. The molecule has 0 unspecified atom stereocenters. The molecule has 0 aliphatic rings. The summed E-state index contributed by atoms with van der Waals surface area (Å²) in [7, 11) is 1.34. The molecule has 1 amide bonds. The first kappa shape index (κ1) is 22.7. The van der Waals surface area contributed by atoms with Crippen molar-refractivity contribution in [2.45, 2.75) is 33.1 Å². The van der Waals surface area contributed by atoms with E-state index < -0.39 is 5.97 Å². The minimum Gasteiger partial charge on any atom is -0.465 e. The second-order valence-electron chi connectivity index (χ2n) is 8.54. The van der Waals surface area contributed by atoms with E-state index in [0.717, 1.165) is 22.4 Å². The van der Waals surface area contributed by atoms with E-state index in [0.29, 0.717) is 22.4 Å². The first-order valence-corrected chi connectivity index (χ1v) is 10.1. The Morgan fingerprint density at radius 3 is 2.47 bits per heavy atom. The van der Waals surface area contributed by atoms with Gasteiger partial charge in [0.15, 0.2) is 0 Å². The van der Waals surface area contributed by atoms with Crippen molar-refractivity contribution in [3.05, 3.63) is 82.7 Å². The average molecular weight is 428 g/mol. The van der Waals surface area contributed by atoms with Crippen LogP contribution in [0.15, 0.2) is 54.7 Å². The molecule has 0 saturated carbocycles. The van der Waals surface area contributed by atoms with Crippen molar-refractivity contribution in [2.75, 3.05) is 12.4 Å². The maximum absolute atomic E-state index is 13.0. The molecule has 0 saturated heterocycles. The van der Waals surface area contributed by atoms with Gasteiger partial charge in [-0.2, -0.15) is 5.26 Å². The minimum atomic E-state index is -0.422. The lowest BCUT2D eigenvalue weighted by atomic mass is 9.85. The van der Waals surface area contributed by atoms with Gasteiger partial charge < -0.3 is 10.1 Å². The number of nitrogens with one attached hydrogen (secondary N) is 1. The van der Waals surface area contributed by atoms with E-state index in [9.17, 15) is 14.9 Å².